The van der Waals surface area contributed by atoms with E-state index < -0.39 is 6.17 Å². The van der Waals surface area contributed by atoms with Crippen molar-refractivity contribution >= 4 is 28.9 Å². The molecule has 2 aromatic carbocycles. The van der Waals surface area contributed by atoms with Gasteiger partial charge in [0, 0.05) is 41.3 Å². The lowest BCUT2D eigenvalue weighted by Crippen LogP contribution is -2.46. The monoisotopic (exact) mass is 397 g/mol. The van der Waals surface area contributed by atoms with Crippen LogP contribution in [0.2, 0.25) is 0 Å². The standard InChI is InChI=1S/C23H19N5O2/c24-17-12-16-8-11-28-20(16)18(13-17)19(14-4-2-1-3-5-14)26-21(23(28)30)27-22(29)15-6-9-25-10-7-15/h1-7,9-10,12-13,21H,8,11,24H2,(H,27,29)/t21-/m0/s1. The van der Waals surface area contributed by atoms with Crippen molar-refractivity contribution in [3.63, 3.8) is 0 Å². The molecule has 3 aromatic rings. The first kappa shape index (κ1) is 18.1. The van der Waals surface area contributed by atoms with Gasteiger partial charge in [0.15, 0.2) is 0 Å². The Morgan fingerprint density at radius 1 is 1.10 bits per heavy atom. The minimum atomic E-state index is -1.04. The van der Waals surface area contributed by atoms with Crippen LogP contribution in [0.4, 0.5) is 11.4 Å². The van der Waals surface area contributed by atoms with Gasteiger partial charge in [0.05, 0.1) is 11.4 Å². The van der Waals surface area contributed by atoms with E-state index in [9.17, 15) is 9.59 Å². The molecule has 0 spiro atoms. The Morgan fingerprint density at radius 3 is 2.63 bits per heavy atom. The van der Waals surface area contributed by atoms with Crippen LogP contribution in [0, 0.1) is 0 Å². The minimum Gasteiger partial charge on any atom is -0.399 e. The SMILES string of the molecule is Nc1cc2c3c(c1)C(c1ccccc1)=N[C@@H](NC(=O)c1ccncc1)C(=O)N3CC2. The van der Waals surface area contributed by atoms with E-state index in [1.54, 1.807) is 17.0 Å². The fourth-order valence-electron chi connectivity index (χ4n) is 4.01. The summed E-state index contributed by atoms with van der Waals surface area (Å²) in [5, 5.41) is 2.78. The number of anilines is 2. The molecule has 0 saturated heterocycles. The van der Waals surface area contributed by atoms with Crippen molar-refractivity contribution in [3.05, 3.63) is 89.2 Å². The van der Waals surface area contributed by atoms with Crippen molar-refractivity contribution in [2.45, 2.75) is 12.6 Å². The zero-order chi connectivity index (χ0) is 20.7. The molecule has 7 nitrogen and oxygen atoms in total. The van der Waals surface area contributed by atoms with Gasteiger partial charge in [-0.3, -0.25) is 14.6 Å². The molecule has 7 heteroatoms. The lowest BCUT2D eigenvalue weighted by molar-refractivity contribution is -0.120. The molecule has 30 heavy (non-hydrogen) atoms. The van der Waals surface area contributed by atoms with E-state index in [1.165, 1.54) is 12.4 Å². The van der Waals surface area contributed by atoms with Crippen molar-refractivity contribution in [2.75, 3.05) is 17.2 Å². The van der Waals surface area contributed by atoms with E-state index in [1.807, 2.05) is 42.5 Å². The average molecular weight is 397 g/mol. The number of hydrogen-bond acceptors (Lipinski definition) is 5. The van der Waals surface area contributed by atoms with Crippen molar-refractivity contribution in [3.8, 4) is 0 Å². The number of pyridine rings is 1. The molecule has 0 radical (unpaired) electrons. The lowest BCUT2D eigenvalue weighted by atomic mass is 9.97. The smallest absolute Gasteiger partial charge is 0.272 e. The molecule has 2 aliphatic heterocycles. The second-order valence-electron chi connectivity index (χ2n) is 7.27. The van der Waals surface area contributed by atoms with Gasteiger partial charge in [0.25, 0.3) is 11.8 Å². The quantitative estimate of drug-likeness (QED) is 0.662. The molecule has 1 aromatic heterocycles. The highest BCUT2D eigenvalue weighted by Crippen LogP contribution is 2.37. The number of nitrogens with two attached hydrogens (primary N) is 1. The summed E-state index contributed by atoms with van der Waals surface area (Å²) in [5.74, 6) is -0.634. The van der Waals surface area contributed by atoms with E-state index in [-0.39, 0.29) is 11.8 Å². The largest absolute Gasteiger partial charge is 0.399 e. The molecule has 148 valence electrons. The molecular formula is C23H19N5O2. The minimum absolute atomic E-state index is 0.256. The number of nitrogens with zero attached hydrogens (tertiary/aromatic N) is 3. The first-order valence-corrected chi connectivity index (χ1v) is 9.70. The van der Waals surface area contributed by atoms with E-state index in [4.69, 9.17) is 10.7 Å². The number of amides is 2. The van der Waals surface area contributed by atoms with Crippen molar-refractivity contribution in [2.24, 2.45) is 4.99 Å². The van der Waals surface area contributed by atoms with Gasteiger partial charge < -0.3 is 16.0 Å². The van der Waals surface area contributed by atoms with Crippen LogP contribution in [0.1, 0.15) is 27.0 Å². The average Bonchev–Trinajstić information content (AvgIpc) is 3.16. The number of nitrogen functional groups attached to an aromatic ring is 1. The number of carbonyl (C=O) groups excluding carboxylic acids is 2. The van der Waals surface area contributed by atoms with E-state index in [0.717, 1.165) is 22.4 Å². The highest BCUT2D eigenvalue weighted by molar-refractivity contribution is 6.21. The molecule has 0 aliphatic carbocycles. The van der Waals surface area contributed by atoms with Crippen LogP contribution in [0.25, 0.3) is 0 Å². The highest BCUT2D eigenvalue weighted by Gasteiger charge is 2.37. The molecule has 0 saturated carbocycles. The summed E-state index contributed by atoms with van der Waals surface area (Å²) in [6.07, 6.45) is 2.74. The zero-order valence-electron chi connectivity index (χ0n) is 16.1. The van der Waals surface area contributed by atoms with Gasteiger partial charge in [0.2, 0.25) is 6.17 Å². The third-order valence-electron chi connectivity index (χ3n) is 5.36. The molecule has 1 atom stereocenters. The summed E-state index contributed by atoms with van der Waals surface area (Å²) in [6.45, 7) is 0.532. The molecule has 0 bridgehead atoms. The Kier molecular flexibility index (Phi) is 4.28. The Morgan fingerprint density at radius 2 is 1.87 bits per heavy atom. The number of rotatable bonds is 3. The third kappa shape index (κ3) is 3.00. The summed E-state index contributed by atoms with van der Waals surface area (Å²) in [4.78, 5) is 36.5. The first-order chi connectivity index (χ1) is 14.6. The first-order valence-electron chi connectivity index (χ1n) is 9.70. The molecule has 5 rings (SSSR count). The van der Waals surface area contributed by atoms with Crippen LogP contribution in [-0.4, -0.2) is 35.2 Å². The summed E-state index contributed by atoms with van der Waals surface area (Å²) in [7, 11) is 0. The molecule has 2 amide bonds. The van der Waals surface area contributed by atoms with Crippen LogP contribution in [0.3, 0.4) is 0 Å². The van der Waals surface area contributed by atoms with Gasteiger partial charge in [-0.1, -0.05) is 30.3 Å². The molecule has 0 fully saturated rings. The van der Waals surface area contributed by atoms with Gasteiger partial charge in [-0.2, -0.15) is 0 Å². The number of aliphatic imine (C=N–C) groups is 1. The lowest BCUT2D eigenvalue weighted by Gasteiger charge is -2.21. The maximum absolute atomic E-state index is 13.4. The second-order valence-corrected chi connectivity index (χ2v) is 7.27. The van der Waals surface area contributed by atoms with Crippen molar-refractivity contribution in [1.29, 1.82) is 0 Å². The number of carbonyl (C=O) groups is 2. The fourth-order valence-corrected chi connectivity index (χ4v) is 4.01. The summed E-state index contributed by atoms with van der Waals surface area (Å²) in [6, 6.07) is 16.6. The Bertz CT molecular complexity index is 1170. The molecule has 0 unspecified atom stereocenters. The van der Waals surface area contributed by atoms with E-state index in [2.05, 4.69) is 10.3 Å². The van der Waals surface area contributed by atoms with Crippen LogP contribution in [0.15, 0.2) is 72.0 Å². The van der Waals surface area contributed by atoms with Crippen molar-refractivity contribution in [1.82, 2.24) is 10.3 Å². The van der Waals surface area contributed by atoms with Gasteiger partial charge in [-0.05, 0) is 36.2 Å². The predicted octanol–water partition coefficient (Wildman–Crippen LogP) is 2.16. The Balaban J connectivity index is 1.64. The molecular weight excluding hydrogens is 378 g/mol. The van der Waals surface area contributed by atoms with Crippen LogP contribution in [0.5, 0.6) is 0 Å². The highest BCUT2D eigenvalue weighted by atomic mass is 16.2. The van der Waals surface area contributed by atoms with Crippen molar-refractivity contribution < 1.29 is 9.59 Å². The van der Waals surface area contributed by atoms with Gasteiger partial charge in [0.1, 0.15) is 0 Å². The van der Waals surface area contributed by atoms with Gasteiger partial charge >= 0.3 is 0 Å². The Hall–Kier alpha value is -4.00. The zero-order valence-corrected chi connectivity index (χ0v) is 16.1. The normalized spacial score (nSPS) is 17.2. The number of hydrogen-bond donors (Lipinski definition) is 2. The third-order valence-corrected chi connectivity index (χ3v) is 5.36. The predicted molar refractivity (Wildman–Crippen MR) is 114 cm³/mol. The van der Waals surface area contributed by atoms with Crippen LogP contribution < -0.4 is 16.0 Å². The summed E-state index contributed by atoms with van der Waals surface area (Å²) >= 11 is 0. The van der Waals surface area contributed by atoms with Gasteiger partial charge in [-0.15, -0.1) is 0 Å². The number of benzene rings is 2. The van der Waals surface area contributed by atoms with E-state index >= 15 is 0 Å². The van der Waals surface area contributed by atoms with E-state index in [0.29, 0.717) is 29.9 Å². The Labute approximate surface area is 173 Å². The summed E-state index contributed by atoms with van der Waals surface area (Å²) in [5.41, 5.74) is 11.4. The number of aromatic nitrogens is 1. The maximum Gasteiger partial charge on any atom is 0.272 e. The molecule has 2 aliphatic rings. The summed E-state index contributed by atoms with van der Waals surface area (Å²) < 4.78 is 0. The molecule has 3 N–H and O–H groups in total. The second kappa shape index (κ2) is 7.11. The van der Waals surface area contributed by atoms with Crippen LogP contribution >= 0.6 is 0 Å². The van der Waals surface area contributed by atoms with Gasteiger partial charge in [-0.25, -0.2) is 4.99 Å². The topological polar surface area (TPSA) is 101 Å². The maximum atomic E-state index is 13.4. The fraction of sp³-hybridized carbons (Fsp3) is 0.130. The van der Waals surface area contributed by atoms with Crippen LogP contribution in [-0.2, 0) is 11.2 Å². The molecule has 3 heterocycles. The number of nitrogens with one attached hydrogen (secondary N) is 1.